The van der Waals surface area contributed by atoms with E-state index in [2.05, 4.69) is 10.6 Å². The van der Waals surface area contributed by atoms with Crippen molar-refractivity contribution in [3.8, 4) is 0 Å². The van der Waals surface area contributed by atoms with E-state index in [1.807, 2.05) is 24.3 Å². The number of carbonyl (C=O) groups excluding carboxylic acids is 1. The summed E-state index contributed by atoms with van der Waals surface area (Å²) in [6, 6.07) is 13.1. The first-order valence-electron chi connectivity index (χ1n) is 10.4. The number of amides is 3. The van der Waals surface area contributed by atoms with E-state index >= 15 is 0 Å². The van der Waals surface area contributed by atoms with Gasteiger partial charge < -0.3 is 25.7 Å². The Kier molecular flexibility index (Phi) is 5.82. The summed E-state index contributed by atoms with van der Waals surface area (Å²) in [5, 5.41) is 24.9. The predicted molar refractivity (Wildman–Crippen MR) is 112 cm³/mol. The topological polar surface area (TPSA) is 102 Å². The fourth-order valence-corrected chi connectivity index (χ4v) is 4.70. The van der Waals surface area contributed by atoms with Crippen molar-refractivity contribution in [2.45, 2.75) is 43.4 Å². The van der Waals surface area contributed by atoms with Gasteiger partial charge in [0.1, 0.15) is 5.82 Å². The van der Waals surface area contributed by atoms with Crippen LogP contribution in [0.15, 0.2) is 48.5 Å². The Morgan fingerprint density at radius 1 is 1.16 bits per heavy atom. The summed E-state index contributed by atoms with van der Waals surface area (Å²) in [6.07, 6.45) is 0.767. The number of fused-ring (bicyclic) bond motifs is 1. The lowest BCUT2D eigenvalue weighted by molar-refractivity contribution is 0.0456. The van der Waals surface area contributed by atoms with Crippen LogP contribution in [0.4, 0.5) is 14.0 Å². The number of aliphatic hydroxyl groups is 1. The minimum Gasteiger partial charge on any atom is -0.465 e. The second-order valence-corrected chi connectivity index (χ2v) is 8.37. The van der Waals surface area contributed by atoms with E-state index in [-0.39, 0.29) is 36.9 Å². The van der Waals surface area contributed by atoms with E-state index in [1.165, 1.54) is 12.1 Å². The monoisotopic (exact) mass is 427 g/mol. The molecule has 0 spiro atoms. The molecule has 1 aliphatic carbocycles. The number of benzene rings is 2. The van der Waals surface area contributed by atoms with Gasteiger partial charge in [0.15, 0.2) is 0 Å². The van der Waals surface area contributed by atoms with E-state index in [9.17, 15) is 19.1 Å². The van der Waals surface area contributed by atoms with Crippen LogP contribution in [0.2, 0.25) is 0 Å². The van der Waals surface area contributed by atoms with Crippen molar-refractivity contribution in [2.24, 2.45) is 0 Å². The lowest BCUT2D eigenvalue weighted by atomic mass is 9.88. The van der Waals surface area contributed by atoms with Crippen LogP contribution in [0.25, 0.3) is 0 Å². The van der Waals surface area contributed by atoms with E-state index < -0.39 is 11.7 Å². The average Bonchev–Trinajstić information content (AvgIpc) is 3.12. The second-order valence-electron chi connectivity index (χ2n) is 8.37. The molecule has 1 aliphatic heterocycles. The van der Waals surface area contributed by atoms with Gasteiger partial charge in [0.05, 0.1) is 11.6 Å². The van der Waals surface area contributed by atoms with Crippen molar-refractivity contribution >= 4 is 12.1 Å². The van der Waals surface area contributed by atoms with Crippen molar-refractivity contribution < 1.29 is 24.2 Å². The molecule has 3 atom stereocenters. The standard InChI is InChI=1S/C23H26FN3O4/c24-17-7-5-16(6-8-17)20-19-4-2-1-3-15(19)10-12-27(20)21(28)25-14-23(31)11-9-18(13-23)26-22(29)30/h1-8,18,20,26,31H,9-14H2,(H,25,28)(H,29,30)/t18-,20-,23?/m0/s1. The van der Waals surface area contributed by atoms with E-state index in [1.54, 1.807) is 17.0 Å². The Bertz CT molecular complexity index is 968. The molecule has 0 radical (unpaired) electrons. The van der Waals surface area contributed by atoms with Gasteiger partial charge in [0.2, 0.25) is 0 Å². The van der Waals surface area contributed by atoms with E-state index in [0.717, 1.165) is 16.7 Å². The number of hydrogen-bond acceptors (Lipinski definition) is 3. The van der Waals surface area contributed by atoms with Gasteiger partial charge in [-0.2, -0.15) is 0 Å². The lowest BCUT2D eigenvalue weighted by Gasteiger charge is -2.38. The molecule has 0 saturated heterocycles. The molecule has 8 heteroatoms. The molecule has 0 aromatic heterocycles. The number of urea groups is 1. The van der Waals surface area contributed by atoms with Gasteiger partial charge in [-0.15, -0.1) is 0 Å². The molecule has 4 N–H and O–H groups in total. The molecule has 2 aromatic carbocycles. The Labute approximate surface area is 179 Å². The largest absolute Gasteiger partial charge is 0.465 e. The van der Waals surface area contributed by atoms with Gasteiger partial charge in [-0.05, 0) is 54.5 Å². The molecule has 164 valence electrons. The smallest absolute Gasteiger partial charge is 0.404 e. The molecule has 1 saturated carbocycles. The van der Waals surface area contributed by atoms with Crippen LogP contribution < -0.4 is 10.6 Å². The summed E-state index contributed by atoms with van der Waals surface area (Å²) in [5.41, 5.74) is 1.81. The van der Waals surface area contributed by atoms with E-state index in [0.29, 0.717) is 25.8 Å². The molecule has 2 aromatic rings. The van der Waals surface area contributed by atoms with Gasteiger partial charge in [-0.3, -0.25) is 0 Å². The molecule has 31 heavy (non-hydrogen) atoms. The SMILES string of the molecule is O=C(O)N[C@H]1CCC(O)(CNC(=O)N2CCc3ccccc3[C@@H]2c2ccc(F)cc2)C1. The number of nitrogens with one attached hydrogen (secondary N) is 2. The number of rotatable bonds is 4. The summed E-state index contributed by atoms with van der Waals surface area (Å²) in [6.45, 7) is 0.532. The van der Waals surface area contributed by atoms with Crippen molar-refractivity contribution in [1.29, 1.82) is 0 Å². The van der Waals surface area contributed by atoms with E-state index in [4.69, 9.17) is 5.11 Å². The van der Waals surface area contributed by atoms with Gasteiger partial charge in [0.25, 0.3) is 0 Å². The Balaban J connectivity index is 1.50. The van der Waals surface area contributed by atoms with Gasteiger partial charge in [-0.25, -0.2) is 14.0 Å². The van der Waals surface area contributed by atoms with Crippen LogP contribution >= 0.6 is 0 Å². The molecule has 7 nitrogen and oxygen atoms in total. The van der Waals surface area contributed by atoms with Crippen LogP contribution in [0.5, 0.6) is 0 Å². The minimum atomic E-state index is -1.15. The summed E-state index contributed by atoms with van der Waals surface area (Å²) >= 11 is 0. The third-order valence-electron chi connectivity index (χ3n) is 6.21. The normalized spacial score (nSPS) is 25.0. The maximum atomic E-state index is 13.5. The number of nitrogens with zero attached hydrogens (tertiary/aromatic N) is 1. The van der Waals surface area contributed by atoms with Crippen LogP contribution in [0, 0.1) is 5.82 Å². The highest BCUT2D eigenvalue weighted by Gasteiger charge is 2.39. The van der Waals surface area contributed by atoms with Crippen molar-refractivity contribution in [3.05, 3.63) is 71.0 Å². The molecular formula is C23H26FN3O4. The molecule has 1 unspecified atom stereocenters. The van der Waals surface area contributed by atoms with Crippen molar-refractivity contribution in [1.82, 2.24) is 15.5 Å². The highest BCUT2D eigenvalue weighted by atomic mass is 19.1. The minimum absolute atomic E-state index is 0.0396. The van der Waals surface area contributed by atoms with Gasteiger partial charge in [-0.1, -0.05) is 36.4 Å². The lowest BCUT2D eigenvalue weighted by Crippen LogP contribution is -2.50. The Morgan fingerprint density at radius 2 is 1.90 bits per heavy atom. The Hall–Kier alpha value is -3.13. The van der Waals surface area contributed by atoms with Gasteiger partial charge in [0, 0.05) is 19.1 Å². The van der Waals surface area contributed by atoms with Crippen LogP contribution in [-0.2, 0) is 6.42 Å². The maximum absolute atomic E-state index is 13.5. The molecular weight excluding hydrogens is 401 g/mol. The van der Waals surface area contributed by atoms with Crippen LogP contribution in [0.1, 0.15) is 42.0 Å². The van der Waals surface area contributed by atoms with Gasteiger partial charge >= 0.3 is 12.1 Å². The zero-order valence-electron chi connectivity index (χ0n) is 17.1. The number of halogens is 1. The highest BCUT2D eigenvalue weighted by molar-refractivity contribution is 5.76. The first-order chi connectivity index (χ1) is 14.8. The summed E-state index contributed by atoms with van der Waals surface area (Å²) in [7, 11) is 0. The molecule has 1 fully saturated rings. The molecule has 3 amide bonds. The maximum Gasteiger partial charge on any atom is 0.404 e. The number of hydrogen-bond donors (Lipinski definition) is 4. The fraction of sp³-hybridized carbons (Fsp3) is 0.391. The average molecular weight is 427 g/mol. The fourth-order valence-electron chi connectivity index (χ4n) is 4.70. The zero-order valence-corrected chi connectivity index (χ0v) is 17.1. The second kappa shape index (κ2) is 8.55. The summed E-state index contributed by atoms with van der Waals surface area (Å²) < 4.78 is 13.5. The molecule has 4 rings (SSSR count). The Morgan fingerprint density at radius 3 is 2.65 bits per heavy atom. The van der Waals surface area contributed by atoms with Crippen LogP contribution in [-0.4, -0.2) is 52.0 Å². The third-order valence-corrected chi connectivity index (χ3v) is 6.21. The quantitative estimate of drug-likeness (QED) is 0.602. The van der Waals surface area contributed by atoms with Crippen LogP contribution in [0.3, 0.4) is 0 Å². The predicted octanol–water partition coefficient (Wildman–Crippen LogP) is 3.03. The summed E-state index contributed by atoms with van der Waals surface area (Å²) in [5.74, 6) is -0.336. The number of carboxylic acid groups (broad SMARTS) is 1. The molecule has 2 aliphatic rings. The molecule has 1 heterocycles. The number of carbonyl (C=O) groups is 2. The molecule has 0 bridgehead atoms. The van der Waals surface area contributed by atoms with Crippen molar-refractivity contribution in [2.75, 3.05) is 13.1 Å². The summed E-state index contributed by atoms with van der Waals surface area (Å²) in [4.78, 5) is 25.7. The van der Waals surface area contributed by atoms with Crippen molar-refractivity contribution in [3.63, 3.8) is 0 Å². The first-order valence-corrected chi connectivity index (χ1v) is 10.4. The highest BCUT2D eigenvalue weighted by Crippen LogP contribution is 2.35. The first kappa shape index (κ1) is 21.1. The third kappa shape index (κ3) is 4.64. The zero-order chi connectivity index (χ0) is 22.0.